The summed E-state index contributed by atoms with van der Waals surface area (Å²) in [6.45, 7) is 3.20. The molecule has 0 amide bonds. The normalized spacial score (nSPS) is 22.9. The predicted molar refractivity (Wildman–Crippen MR) is 66.1 cm³/mol. The van der Waals surface area contributed by atoms with E-state index in [9.17, 15) is 4.79 Å². The quantitative estimate of drug-likeness (QED) is 0.773. The van der Waals surface area contributed by atoms with Crippen LogP contribution in [0.4, 0.5) is 0 Å². The van der Waals surface area contributed by atoms with Gasteiger partial charge in [-0.15, -0.1) is 0 Å². The molecule has 18 heavy (non-hydrogen) atoms. The maximum atomic E-state index is 10.8. The van der Waals surface area contributed by atoms with Gasteiger partial charge < -0.3 is 14.6 Å². The number of aliphatic carboxylic acids is 1. The van der Waals surface area contributed by atoms with Crippen molar-refractivity contribution < 1.29 is 19.4 Å². The van der Waals surface area contributed by atoms with E-state index in [1.54, 1.807) is 0 Å². The smallest absolute Gasteiger partial charge is 0.328 e. The van der Waals surface area contributed by atoms with Crippen LogP contribution in [-0.4, -0.2) is 24.3 Å². The summed E-state index contributed by atoms with van der Waals surface area (Å²) in [6, 6.07) is 3.89. The zero-order valence-corrected chi connectivity index (χ0v) is 10.1. The van der Waals surface area contributed by atoms with Crippen LogP contribution in [0.1, 0.15) is 30.4 Å². The minimum atomic E-state index is -0.903. The molecular weight excluding hydrogens is 232 g/mol. The molecule has 94 valence electrons. The van der Waals surface area contributed by atoms with Crippen molar-refractivity contribution in [3.63, 3.8) is 0 Å². The number of hydrogen-bond acceptors (Lipinski definition) is 3. The summed E-state index contributed by atoms with van der Waals surface area (Å²) in [4.78, 5) is 10.8. The first-order valence-corrected chi connectivity index (χ1v) is 6.02. The molecule has 1 atom stereocenters. The zero-order chi connectivity index (χ0) is 12.7. The van der Waals surface area contributed by atoms with Crippen LogP contribution in [0.25, 0.3) is 5.57 Å². The molecule has 1 aromatic rings. The number of fused-ring (bicyclic) bond motifs is 2. The van der Waals surface area contributed by atoms with Crippen LogP contribution in [0.3, 0.4) is 0 Å². The molecule has 4 nitrogen and oxygen atoms in total. The van der Waals surface area contributed by atoms with Crippen molar-refractivity contribution in [1.29, 1.82) is 0 Å². The number of carboxylic acids is 1. The number of rotatable bonds is 1. The largest absolute Gasteiger partial charge is 0.486 e. The van der Waals surface area contributed by atoms with Gasteiger partial charge in [-0.05, 0) is 41.2 Å². The molecule has 0 saturated carbocycles. The second kappa shape index (κ2) is 4.05. The Morgan fingerprint density at radius 3 is 2.67 bits per heavy atom. The van der Waals surface area contributed by atoms with Crippen molar-refractivity contribution in [2.75, 3.05) is 13.2 Å². The fourth-order valence-corrected chi connectivity index (χ4v) is 2.63. The van der Waals surface area contributed by atoms with Crippen molar-refractivity contribution >= 4 is 11.5 Å². The van der Waals surface area contributed by atoms with Gasteiger partial charge in [-0.25, -0.2) is 4.79 Å². The minimum Gasteiger partial charge on any atom is -0.486 e. The monoisotopic (exact) mass is 246 g/mol. The molecule has 3 rings (SSSR count). The van der Waals surface area contributed by atoms with E-state index in [1.165, 1.54) is 6.08 Å². The van der Waals surface area contributed by atoms with Crippen LogP contribution in [0.5, 0.6) is 11.5 Å². The maximum Gasteiger partial charge on any atom is 0.328 e. The lowest BCUT2D eigenvalue weighted by molar-refractivity contribution is -0.131. The van der Waals surface area contributed by atoms with E-state index in [-0.39, 0.29) is 0 Å². The highest BCUT2D eigenvalue weighted by atomic mass is 16.6. The van der Waals surface area contributed by atoms with Crippen molar-refractivity contribution in [3.8, 4) is 11.5 Å². The minimum absolute atomic E-state index is 0.321. The highest BCUT2D eigenvalue weighted by Gasteiger charge is 2.27. The molecule has 1 aliphatic heterocycles. The number of carbonyl (C=O) groups is 1. The Morgan fingerprint density at radius 1 is 1.33 bits per heavy atom. The van der Waals surface area contributed by atoms with Crippen LogP contribution in [0.2, 0.25) is 0 Å². The van der Waals surface area contributed by atoms with E-state index in [1.807, 2.05) is 12.1 Å². The van der Waals surface area contributed by atoms with E-state index in [4.69, 9.17) is 14.6 Å². The molecule has 0 aromatic heterocycles. The topological polar surface area (TPSA) is 55.8 Å². The Balaban J connectivity index is 2.11. The molecule has 1 heterocycles. The van der Waals surface area contributed by atoms with Crippen molar-refractivity contribution in [2.24, 2.45) is 0 Å². The Morgan fingerprint density at radius 2 is 2.00 bits per heavy atom. The summed E-state index contributed by atoms with van der Waals surface area (Å²) in [7, 11) is 0. The number of hydrogen-bond donors (Lipinski definition) is 1. The van der Waals surface area contributed by atoms with Crippen LogP contribution < -0.4 is 9.47 Å². The fraction of sp³-hybridized carbons (Fsp3) is 0.357. The molecule has 1 N–H and O–H groups in total. The Bertz CT molecular complexity index is 545. The third-order valence-electron chi connectivity index (χ3n) is 3.42. The van der Waals surface area contributed by atoms with E-state index in [2.05, 4.69) is 6.92 Å². The molecule has 0 fully saturated rings. The highest BCUT2D eigenvalue weighted by Crippen LogP contribution is 2.46. The Hall–Kier alpha value is -1.97. The van der Waals surface area contributed by atoms with Crippen LogP contribution in [0.15, 0.2) is 18.2 Å². The molecule has 4 heteroatoms. The van der Waals surface area contributed by atoms with Gasteiger partial charge in [0, 0.05) is 6.08 Å². The lowest BCUT2D eigenvalue weighted by Gasteiger charge is -2.20. The van der Waals surface area contributed by atoms with Crippen LogP contribution >= 0.6 is 0 Å². The molecule has 0 bridgehead atoms. The summed E-state index contributed by atoms with van der Waals surface area (Å²) in [5.74, 6) is 0.898. The lowest BCUT2D eigenvalue weighted by Crippen LogP contribution is -2.15. The number of carboxylic acid groups (broad SMARTS) is 1. The zero-order valence-electron chi connectivity index (χ0n) is 10.1. The highest BCUT2D eigenvalue weighted by molar-refractivity contribution is 5.92. The van der Waals surface area contributed by atoms with E-state index < -0.39 is 5.97 Å². The molecule has 1 aromatic carbocycles. The maximum absolute atomic E-state index is 10.8. The van der Waals surface area contributed by atoms with Gasteiger partial charge >= 0.3 is 5.97 Å². The van der Waals surface area contributed by atoms with Crippen molar-refractivity contribution in [2.45, 2.75) is 19.3 Å². The van der Waals surface area contributed by atoms with Crippen molar-refractivity contribution in [3.05, 3.63) is 29.3 Å². The molecular formula is C14H14O4. The standard InChI is InChI=1S/C14H14O4/c1-8-4-9(5-14(15)16)11-7-13-12(6-10(8)11)17-2-3-18-13/h5-8H,2-4H2,1H3,(H,15,16)/b9-5+. The van der Waals surface area contributed by atoms with E-state index in [0.29, 0.717) is 24.9 Å². The average Bonchev–Trinajstić information content (AvgIpc) is 2.63. The lowest BCUT2D eigenvalue weighted by atomic mass is 10.0. The summed E-state index contributed by atoms with van der Waals surface area (Å²) in [6.07, 6.45) is 2.04. The second-order valence-electron chi connectivity index (χ2n) is 4.70. The van der Waals surface area contributed by atoms with Gasteiger partial charge in [-0.2, -0.15) is 0 Å². The summed E-state index contributed by atoms with van der Waals surface area (Å²) in [5.41, 5.74) is 2.99. The first-order chi connectivity index (χ1) is 8.65. The van der Waals surface area contributed by atoms with Gasteiger partial charge in [0.1, 0.15) is 13.2 Å². The summed E-state index contributed by atoms with van der Waals surface area (Å²) < 4.78 is 11.1. The third kappa shape index (κ3) is 1.74. The average molecular weight is 246 g/mol. The van der Waals surface area contributed by atoms with E-state index >= 15 is 0 Å². The summed E-state index contributed by atoms with van der Waals surface area (Å²) >= 11 is 0. The number of ether oxygens (including phenoxy) is 2. The van der Waals surface area contributed by atoms with Crippen molar-refractivity contribution in [1.82, 2.24) is 0 Å². The van der Waals surface area contributed by atoms with Gasteiger partial charge in [0.2, 0.25) is 0 Å². The molecule has 1 aliphatic carbocycles. The Labute approximate surface area is 105 Å². The van der Waals surface area contributed by atoms with E-state index in [0.717, 1.165) is 28.9 Å². The van der Waals surface area contributed by atoms with Crippen LogP contribution in [0, 0.1) is 0 Å². The SMILES string of the molecule is CC1C/C(=C\C(=O)O)c2cc3c(cc21)OCCO3. The number of allylic oxidation sites excluding steroid dienone is 1. The summed E-state index contributed by atoms with van der Waals surface area (Å²) in [5, 5.41) is 8.89. The Kier molecular flexibility index (Phi) is 2.51. The van der Waals surface area contributed by atoms with Gasteiger partial charge in [0.15, 0.2) is 11.5 Å². The molecule has 0 radical (unpaired) electrons. The first kappa shape index (κ1) is 11.1. The van der Waals surface area contributed by atoms with Crippen LogP contribution in [-0.2, 0) is 4.79 Å². The van der Waals surface area contributed by atoms with Gasteiger partial charge in [-0.1, -0.05) is 6.92 Å². The predicted octanol–water partition coefficient (Wildman–Crippen LogP) is 2.43. The third-order valence-corrected chi connectivity index (χ3v) is 3.42. The molecule has 1 unspecified atom stereocenters. The van der Waals surface area contributed by atoms with Gasteiger partial charge in [-0.3, -0.25) is 0 Å². The van der Waals surface area contributed by atoms with Gasteiger partial charge in [0.25, 0.3) is 0 Å². The molecule has 0 saturated heterocycles. The first-order valence-electron chi connectivity index (χ1n) is 6.02. The fourth-order valence-electron chi connectivity index (χ4n) is 2.63. The molecule has 2 aliphatic rings. The second-order valence-corrected chi connectivity index (χ2v) is 4.70. The number of benzene rings is 1. The molecule has 0 spiro atoms. The van der Waals surface area contributed by atoms with Gasteiger partial charge in [0.05, 0.1) is 0 Å².